The third-order valence-electron chi connectivity index (χ3n) is 3.93. The van der Waals surface area contributed by atoms with E-state index in [1.165, 1.54) is 10.0 Å². The highest BCUT2D eigenvalue weighted by Gasteiger charge is 2.15. The minimum absolute atomic E-state index is 0.321. The normalized spacial score (nSPS) is 9.85. The Morgan fingerprint density at radius 3 is 1.41 bits per heavy atom. The van der Waals surface area contributed by atoms with Gasteiger partial charge in [-0.25, -0.2) is 0 Å². The summed E-state index contributed by atoms with van der Waals surface area (Å²) >= 11 is 0. The lowest BCUT2D eigenvalue weighted by atomic mass is 10.2. The Morgan fingerprint density at radius 2 is 1.07 bits per heavy atom. The molecule has 2 aromatic rings. The Balaban J connectivity index is 1.83. The summed E-state index contributed by atoms with van der Waals surface area (Å²) in [5.74, 6) is -0.878. The molecule has 2 aromatic carbocycles. The van der Waals surface area contributed by atoms with E-state index >= 15 is 0 Å². The van der Waals surface area contributed by atoms with Gasteiger partial charge in [0.25, 0.3) is 0 Å². The van der Waals surface area contributed by atoms with Crippen molar-refractivity contribution in [2.45, 2.75) is 6.42 Å². The number of carbonyl (C=O) groups excluding carboxylic acids is 2. The molecule has 27 heavy (non-hydrogen) atoms. The van der Waals surface area contributed by atoms with Crippen LogP contribution in [-0.4, -0.2) is 35.9 Å². The van der Waals surface area contributed by atoms with E-state index in [1.54, 1.807) is 14.1 Å². The number of carbonyl (C=O) groups is 2. The predicted octanol–water partition coefficient (Wildman–Crippen LogP) is 2.64. The van der Waals surface area contributed by atoms with Gasteiger partial charge in [-0.3, -0.25) is 30.5 Å². The Morgan fingerprint density at radius 1 is 0.741 bits per heavy atom. The Labute approximate surface area is 159 Å². The molecule has 0 aliphatic carbocycles. The molecule has 0 spiro atoms. The van der Waals surface area contributed by atoms with Crippen molar-refractivity contribution >= 4 is 23.2 Å². The number of benzene rings is 2. The molecule has 0 aromatic heterocycles. The lowest BCUT2D eigenvalue weighted by Crippen LogP contribution is -2.43. The standard InChI is InChI=1S/C21H24N4O2/c1-16(18-11-7-5-8-12-18)24(3)22-20(26)15-21(27)23-25(4)17(2)19-13-9-6-10-14-19/h5-14H,1-2,15H2,3-4H3,(H,22,26)(H,23,27). The number of hydrogen-bond acceptors (Lipinski definition) is 4. The van der Waals surface area contributed by atoms with Crippen LogP contribution in [0.25, 0.3) is 11.4 Å². The van der Waals surface area contributed by atoms with E-state index in [0.29, 0.717) is 11.4 Å². The molecule has 140 valence electrons. The SMILES string of the molecule is C=C(c1ccccc1)N(C)NC(=O)CC(=O)NN(C)C(=C)c1ccccc1. The fourth-order valence-electron chi connectivity index (χ4n) is 2.38. The van der Waals surface area contributed by atoms with Gasteiger partial charge in [-0.15, -0.1) is 0 Å². The molecule has 0 unspecified atom stereocenters. The molecule has 0 saturated heterocycles. The first kappa shape index (κ1) is 19.8. The maximum absolute atomic E-state index is 12.1. The van der Waals surface area contributed by atoms with Crippen molar-refractivity contribution in [1.29, 1.82) is 0 Å². The van der Waals surface area contributed by atoms with Crippen molar-refractivity contribution in [3.05, 3.63) is 84.9 Å². The van der Waals surface area contributed by atoms with Crippen LogP contribution in [0.1, 0.15) is 17.5 Å². The van der Waals surface area contributed by atoms with Crippen LogP contribution >= 0.6 is 0 Å². The fourth-order valence-corrected chi connectivity index (χ4v) is 2.38. The van der Waals surface area contributed by atoms with Crippen LogP contribution in [0.15, 0.2) is 73.8 Å². The zero-order chi connectivity index (χ0) is 19.8. The number of rotatable bonds is 8. The number of amides is 2. The van der Waals surface area contributed by atoms with Crippen molar-refractivity contribution in [2.24, 2.45) is 0 Å². The molecule has 0 atom stereocenters. The molecule has 0 radical (unpaired) electrons. The largest absolute Gasteiger partial charge is 0.289 e. The predicted molar refractivity (Wildman–Crippen MR) is 107 cm³/mol. The monoisotopic (exact) mass is 364 g/mol. The Bertz CT molecular complexity index is 749. The van der Waals surface area contributed by atoms with Crippen LogP contribution in [0.3, 0.4) is 0 Å². The van der Waals surface area contributed by atoms with Gasteiger partial charge in [0.2, 0.25) is 11.8 Å². The molecule has 0 bridgehead atoms. The van der Waals surface area contributed by atoms with Gasteiger partial charge in [0.15, 0.2) is 0 Å². The van der Waals surface area contributed by atoms with E-state index in [1.807, 2.05) is 60.7 Å². The van der Waals surface area contributed by atoms with Gasteiger partial charge in [-0.1, -0.05) is 73.8 Å². The van der Waals surface area contributed by atoms with E-state index in [0.717, 1.165) is 11.1 Å². The van der Waals surface area contributed by atoms with E-state index in [4.69, 9.17) is 0 Å². The molecular weight excluding hydrogens is 340 g/mol. The number of nitrogens with one attached hydrogen (secondary N) is 2. The number of hydrazine groups is 2. The fraction of sp³-hybridized carbons (Fsp3) is 0.143. The summed E-state index contributed by atoms with van der Waals surface area (Å²) in [7, 11) is 3.35. The lowest BCUT2D eigenvalue weighted by molar-refractivity contribution is -0.132. The van der Waals surface area contributed by atoms with E-state index in [-0.39, 0.29) is 6.42 Å². The Kier molecular flexibility index (Phi) is 6.77. The third kappa shape index (κ3) is 5.74. The maximum Gasteiger partial charge on any atom is 0.247 e. The van der Waals surface area contributed by atoms with Crippen LogP contribution in [0.2, 0.25) is 0 Å². The van der Waals surface area contributed by atoms with Gasteiger partial charge in [-0.05, 0) is 11.1 Å². The van der Waals surface area contributed by atoms with Crippen molar-refractivity contribution < 1.29 is 9.59 Å². The average molecular weight is 364 g/mol. The summed E-state index contributed by atoms with van der Waals surface area (Å²) < 4.78 is 0. The van der Waals surface area contributed by atoms with Crippen LogP contribution in [0.4, 0.5) is 0 Å². The average Bonchev–Trinajstić information content (AvgIpc) is 2.67. The quantitative estimate of drug-likeness (QED) is 0.558. The molecule has 0 aliphatic heterocycles. The second-order valence-electron chi connectivity index (χ2n) is 5.99. The second kappa shape index (κ2) is 9.24. The first-order valence-electron chi connectivity index (χ1n) is 8.43. The summed E-state index contributed by atoms with van der Waals surface area (Å²) in [4.78, 5) is 24.3. The van der Waals surface area contributed by atoms with Crippen molar-refractivity contribution in [1.82, 2.24) is 20.9 Å². The van der Waals surface area contributed by atoms with Crippen LogP contribution < -0.4 is 10.9 Å². The molecule has 2 amide bonds. The van der Waals surface area contributed by atoms with Crippen LogP contribution in [-0.2, 0) is 9.59 Å². The summed E-state index contributed by atoms with van der Waals surface area (Å²) in [6.45, 7) is 7.91. The molecule has 2 N–H and O–H groups in total. The second-order valence-corrected chi connectivity index (χ2v) is 5.99. The van der Waals surface area contributed by atoms with Gasteiger partial charge >= 0.3 is 0 Å². The highest BCUT2D eigenvalue weighted by molar-refractivity contribution is 5.97. The first-order chi connectivity index (χ1) is 12.9. The molecular formula is C21H24N4O2. The van der Waals surface area contributed by atoms with E-state index < -0.39 is 11.8 Å². The Hall–Kier alpha value is -3.54. The minimum atomic E-state index is -0.439. The van der Waals surface area contributed by atoms with Gasteiger partial charge in [0.05, 0.1) is 11.4 Å². The molecule has 0 aliphatic rings. The van der Waals surface area contributed by atoms with Crippen molar-refractivity contribution in [3.63, 3.8) is 0 Å². The molecule has 6 nitrogen and oxygen atoms in total. The van der Waals surface area contributed by atoms with Gasteiger partial charge in [0.1, 0.15) is 6.42 Å². The molecule has 0 fully saturated rings. The molecule has 6 heteroatoms. The zero-order valence-electron chi connectivity index (χ0n) is 15.6. The minimum Gasteiger partial charge on any atom is -0.289 e. The maximum atomic E-state index is 12.1. The van der Waals surface area contributed by atoms with E-state index in [2.05, 4.69) is 24.0 Å². The zero-order valence-corrected chi connectivity index (χ0v) is 15.6. The van der Waals surface area contributed by atoms with Crippen molar-refractivity contribution in [3.8, 4) is 0 Å². The number of nitrogens with zero attached hydrogens (tertiary/aromatic N) is 2. The van der Waals surface area contributed by atoms with Crippen LogP contribution in [0, 0.1) is 0 Å². The van der Waals surface area contributed by atoms with Gasteiger partial charge < -0.3 is 0 Å². The smallest absolute Gasteiger partial charge is 0.247 e. The van der Waals surface area contributed by atoms with E-state index in [9.17, 15) is 9.59 Å². The van der Waals surface area contributed by atoms with Gasteiger partial charge in [0, 0.05) is 14.1 Å². The highest BCUT2D eigenvalue weighted by Crippen LogP contribution is 2.14. The third-order valence-corrected chi connectivity index (χ3v) is 3.93. The topological polar surface area (TPSA) is 64.7 Å². The summed E-state index contributed by atoms with van der Waals surface area (Å²) in [6, 6.07) is 18.9. The highest BCUT2D eigenvalue weighted by atomic mass is 16.2. The molecule has 0 heterocycles. The van der Waals surface area contributed by atoms with Gasteiger partial charge in [-0.2, -0.15) is 0 Å². The van der Waals surface area contributed by atoms with Crippen molar-refractivity contribution in [2.75, 3.05) is 14.1 Å². The summed E-state index contributed by atoms with van der Waals surface area (Å²) in [5.41, 5.74) is 8.28. The lowest BCUT2D eigenvalue weighted by Gasteiger charge is -2.24. The molecule has 2 rings (SSSR count). The first-order valence-corrected chi connectivity index (χ1v) is 8.43. The molecule has 0 saturated carbocycles. The number of hydrogen-bond donors (Lipinski definition) is 2. The summed E-state index contributed by atoms with van der Waals surface area (Å²) in [5, 5.41) is 3.00. The summed E-state index contributed by atoms with van der Waals surface area (Å²) in [6.07, 6.45) is -0.321. The van der Waals surface area contributed by atoms with Crippen LogP contribution in [0.5, 0.6) is 0 Å².